The average Bonchev–Trinajstić information content (AvgIpc) is 2.43. The highest BCUT2D eigenvalue weighted by molar-refractivity contribution is 6.75. The van der Waals surface area contributed by atoms with Crippen LogP contribution in [0.25, 0.3) is 0 Å². The van der Waals surface area contributed by atoms with Crippen molar-refractivity contribution in [3.63, 3.8) is 0 Å². The SMILES string of the molecule is C.C.C.C.C.CO[Si](C)(CCCC(C)(O)C(F)(F)F)O[Si](OC)(OC)OC. The first-order chi connectivity index (χ1) is 9.91. The molecule has 27 heavy (non-hydrogen) atoms. The quantitative estimate of drug-likeness (QED) is 0.455. The maximum Gasteiger partial charge on any atom is 0.669 e. The van der Waals surface area contributed by atoms with E-state index in [4.69, 9.17) is 21.8 Å². The summed E-state index contributed by atoms with van der Waals surface area (Å²) >= 11 is 0. The maximum atomic E-state index is 12.6. The highest BCUT2D eigenvalue weighted by Crippen LogP contribution is 2.35. The van der Waals surface area contributed by atoms with Crippen molar-refractivity contribution < 1.29 is 40.1 Å². The Labute approximate surface area is 168 Å². The molecule has 0 rings (SSSR count). The largest absolute Gasteiger partial charge is 0.669 e. The van der Waals surface area contributed by atoms with E-state index in [9.17, 15) is 18.3 Å². The maximum absolute atomic E-state index is 12.6. The predicted molar refractivity (Wildman–Crippen MR) is 111 cm³/mol. The van der Waals surface area contributed by atoms with E-state index in [0.29, 0.717) is 0 Å². The minimum atomic E-state index is -4.68. The summed E-state index contributed by atoms with van der Waals surface area (Å²) in [4.78, 5) is 0. The second-order valence-electron chi connectivity index (χ2n) is 5.18. The van der Waals surface area contributed by atoms with Gasteiger partial charge in [-0.2, -0.15) is 13.2 Å². The first-order valence-electron chi connectivity index (χ1n) is 6.61. The standard InChI is InChI=1S/C11H25F3O6Si2.5CH4/c1-10(15,11(12,13)14)8-7-9-21(6,16-2)20-22(17-3,18-4)19-5;;;;;/h15H,7-9H2,1-6H3;5*1H4. The van der Waals surface area contributed by atoms with Crippen LogP contribution >= 0.6 is 0 Å². The third-order valence-electron chi connectivity index (χ3n) is 3.43. The van der Waals surface area contributed by atoms with Crippen LogP contribution in [0.4, 0.5) is 13.2 Å². The molecule has 0 aliphatic rings. The zero-order chi connectivity index (χ0) is 17.7. The second-order valence-corrected chi connectivity index (χ2v) is 11.4. The fourth-order valence-corrected chi connectivity index (χ4v) is 7.11. The van der Waals surface area contributed by atoms with Crippen LogP contribution in [0.3, 0.4) is 0 Å². The molecule has 0 saturated heterocycles. The number of rotatable bonds is 10. The molecule has 0 saturated carbocycles. The summed E-state index contributed by atoms with van der Waals surface area (Å²) < 4.78 is 64.3. The molecule has 0 aromatic rings. The monoisotopic (exact) mass is 446 g/mol. The number of hydrogen-bond acceptors (Lipinski definition) is 6. The van der Waals surface area contributed by atoms with Gasteiger partial charge < -0.3 is 26.9 Å². The zero-order valence-corrected chi connectivity index (χ0v) is 15.7. The first kappa shape index (κ1) is 41.4. The van der Waals surface area contributed by atoms with Crippen LogP contribution in [-0.4, -0.2) is 62.9 Å². The second kappa shape index (κ2) is 15.9. The van der Waals surface area contributed by atoms with Gasteiger partial charge in [-0.1, -0.05) is 37.1 Å². The molecule has 0 fully saturated rings. The van der Waals surface area contributed by atoms with E-state index in [-0.39, 0.29) is 49.6 Å². The normalized spacial score (nSPS) is 15.3. The summed E-state index contributed by atoms with van der Waals surface area (Å²) in [5, 5.41) is 9.44. The van der Waals surface area contributed by atoms with Gasteiger partial charge >= 0.3 is 23.8 Å². The van der Waals surface area contributed by atoms with E-state index in [0.717, 1.165) is 6.92 Å². The summed E-state index contributed by atoms with van der Waals surface area (Å²) in [5.74, 6) is 0. The Bertz CT molecular complexity index is 334. The fourth-order valence-electron chi connectivity index (χ4n) is 1.73. The van der Waals surface area contributed by atoms with Gasteiger partial charge in [0.05, 0.1) is 0 Å². The van der Waals surface area contributed by atoms with Crippen molar-refractivity contribution in [2.75, 3.05) is 28.4 Å². The van der Waals surface area contributed by atoms with Crippen LogP contribution in [0.1, 0.15) is 56.9 Å². The van der Waals surface area contributed by atoms with E-state index in [1.807, 2.05) is 0 Å². The molecule has 174 valence electrons. The highest BCUT2D eigenvalue weighted by Gasteiger charge is 2.52. The van der Waals surface area contributed by atoms with Crippen LogP contribution in [0.5, 0.6) is 0 Å². The molecule has 6 nitrogen and oxygen atoms in total. The minimum Gasteiger partial charge on any atom is -0.398 e. The van der Waals surface area contributed by atoms with Crippen molar-refractivity contribution in [1.82, 2.24) is 0 Å². The topological polar surface area (TPSA) is 66.4 Å². The molecule has 11 heteroatoms. The third-order valence-corrected chi connectivity index (χ3v) is 9.78. The lowest BCUT2D eigenvalue weighted by atomic mass is 10.0. The third kappa shape index (κ3) is 12.2. The summed E-state index contributed by atoms with van der Waals surface area (Å²) in [6.07, 6.45) is -5.05. The van der Waals surface area contributed by atoms with Gasteiger partial charge in [0.25, 0.3) is 0 Å². The van der Waals surface area contributed by atoms with Gasteiger partial charge in [-0.25, -0.2) is 0 Å². The molecule has 0 radical (unpaired) electrons. The molecule has 0 heterocycles. The van der Waals surface area contributed by atoms with Gasteiger partial charge in [0.1, 0.15) is 0 Å². The first-order valence-corrected chi connectivity index (χ1v) is 10.8. The van der Waals surface area contributed by atoms with Crippen molar-refractivity contribution in [2.24, 2.45) is 0 Å². The van der Waals surface area contributed by atoms with Gasteiger partial charge in [-0.3, -0.25) is 0 Å². The highest BCUT2D eigenvalue weighted by atomic mass is 28.5. The molecule has 0 spiro atoms. The summed E-state index contributed by atoms with van der Waals surface area (Å²) in [7, 11) is -0.738. The van der Waals surface area contributed by atoms with E-state index in [2.05, 4.69) is 0 Å². The molecule has 0 amide bonds. The number of aliphatic hydroxyl groups is 1. The van der Waals surface area contributed by atoms with Gasteiger partial charge in [0.2, 0.25) is 0 Å². The van der Waals surface area contributed by atoms with E-state index < -0.39 is 35.8 Å². The van der Waals surface area contributed by atoms with Crippen LogP contribution in [-0.2, 0) is 21.8 Å². The number of halogens is 3. The van der Waals surface area contributed by atoms with Gasteiger partial charge in [-0.05, 0) is 32.4 Å². The lowest BCUT2D eigenvalue weighted by Crippen LogP contribution is -2.56. The lowest BCUT2D eigenvalue weighted by Gasteiger charge is -2.34. The Balaban J connectivity index is -0.000000220. The van der Waals surface area contributed by atoms with Gasteiger partial charge in [0, 0.05) is 28.4 Å². The lowest BCUT2D eigenvalue weighted by molar-refractivity contribution is -0.255. The molecule has 2 atom stereocenters. The Morgan fingerprint density at radius 3 is 1.44 bits per heavy atom. The Morgan fingerprint density at radius 2 is 1.19 bits per heavy atom. The van der Waals surface area contributed by atoms with Gasteiger partial charge in [0.15, 0.2) is 5.60 Å². The molecular formula is C16H45F3O6Si2. The molecular weight excluding hydrogens is 401 g/mol. The molecule has 1 N–H and O–H groups in total. The molecule has 0 aromatic heterocycles. The van der Waals surface area contributed by atoms with E-state index >= 15 is 0 Å². The number of hydrogen-bond donors (Lipinski definition) is 1. The van der Waals surface area contributed by atoms with Crippen molar-refractivity contribution in [2.45, 2.75) is 81.3 Å². The van der Waals surface area contributed by atoms with Crippen molar-refractivity contribution in [3.05, 3.63) is 0 Å². The Kier molecular flexibility index (Phi) is 24.3. The van der Waals surface area contributed by atoms with Crippen LogP contribution < -0.4 is 0 Å². The average molecular weight is 447 g/mol. The molecule has 0 aliphatic heterocycles. The molecule has 0 aromatic carbocycles. The van der Waals surface area contributed by atoms with Crippen LogP contribution in [0.2, 0.25) is 12.6 Å². The smallest absolute Gasteiger partial charge is 0.398 e. The van der Waals surface area contributed by atoms with Crippen molar-refractivity contribution in [3.8, 4) is 0 Å². The van der Waals surface area contributed by atoms with E-state index in [1.165, 1.54) is 28.4 Å². The predicted octanol–water partition coefficient (Wildman–Crippen LogP) is 5.37. The zero-order valence-electron chi connectivity index (χ0n) is 13.7. The molecule has 0 bridgehead atoms. The minimum absolute atomic E-state index is 0. The Hall–Kier alpha value is -0.0162. The van der Waals surface area contributed by atoms with Crippen molar-refractivity contribution >= 4 is 17.6 Å². The Morgan fingerprint density at radius 1 is 0.815 bits per heavy atom. The molecule has 2 unspecified atom stereocenters. The van der Waals surface area contributed by atoms with Crippen LogP contribution in [0, 0.1) is 0 Å². The summed E-state index contributed by atoms with van der Waals surface area (Å²) in [6.45, 7) is 2.42. The van der Waals surface area contributed by atoms with Gasteiger partial charge in [-0.15, -0.1) is 0 Å². The van der Waals surface area contributed by atoms with Crippen molar-refractivity contribution in [1.29, 1.82) is 0 Å². The van der Waals surface area contributed by atoms with E-state index in [1.54, 1.807) is 6.55 Å². The number of alkyl halides is 3. The molecule has 0 aliphatic carbocycles. The van der Waals surface area contributed by atoms with Crippen LogP contribution in [0.15, 0.2) is 0 Å². The fraction of sp³-hybridized carbons (Fsp3) is 1.00. The summed E-state index contributed by atoms with van der Waals surface area (Å²) in [6, 6.07) is 0.223. The summed E-state index contributed by atoms with van der Waals surface area (Å²) in [5.41, 5.74) is -2.74.